The second-order valence-corrected chi connectivity index (χ2v) is 4.99. The molecule has 0 aromatic heterocycles. The van der Waals surface area contributed by atoms with Gasteiger partial charge in [0, 0.05) is 14.2 Å². The Bertz CT molecular complexity index is 256. The first-order valence-electron chi connectivity index (χ1n) is 8.46. The first kappa shape index (κ1) is 24.6. The molecule has 0 bridgehead atoms. The van der Waals surface area contributed by atoms with E-state index in [0.717, 1.165) is 0 Å². The van der Waals surface area contributed by atoms with Crippen LogP contribution in [0.2, 0.25) is 0 Å². The molecule has 0 saturated carbocycles. The van der Waals surface area contributed by atoms with Gasteiger partial charge in [0.25, 0.3) is 0 Å². The summed E-state index contributed by atoms with van der Waals surface area (Å²) in [6.07, 6.45) is -0.870. The molecule has 152 valence electrons. The van der Waals surface area contributed by atoms with Gasteiger partial charge < -0.3 is 43.4 Å². The zero-order valence-electron chi connectivity index (χ0n) is 15.4. The molecule has 0 aliphatic carbocycles. The number of hydrogen-bond acceptors (Lipinski definition) is 9. The molecule has 0 fully saturated rings. The summed E-state index contributed by atoms with van der Waals surface area (Å²) in [5, 5.41) is 18.0. The molecule has 2 unspecified atom stereocenters. The lowest BCUT2D eigenvalue weighted by Gasteiger charge is -2.24. The number of aliphatic hydroxyl groups is 2. The van der Waals surface area contributed by atoms with Crippen molar-refractivity contribution in [3.8, 4) is 0 Å². The maximum Gasteiger partial charge on any atom is 0.109 e. The Morgan fingerprint density at radius 2 is 1.20 bits per heavy atom. The Kier molecular flexibility index (Phi) is 19.7. The van der Waals surface area contributed by atoms with Crippen LogP contribution in [-0.2, 0) is 33.2 Å². The molecule has 9 heteroatoms. The fourth-order valence-electron chi connectivity index (χ4n) is 1.81. The van der Waals surface area contributed by atoms with E-state index in [0.29, 0.717) is 66.1 Å². The van der Waals surface area contributed by atoms with Gasteiger partial charge in [-0.2, -0.15) is 0 Å². The van der Waals surface area contributed by atoms with Gasteiger partial charge in [-0.25, -0.2) is 0 Å². The molecule has 0 spiro atoms. The number of methoxy groups -OCH3 is 2. The summed E-state index contributed by atoms with van der Waals surface area (Å²) in [7, 11) is 3.17. The van der Waals surface area contributed by atoms with Gasteiger partial charge in [0.2, 0.25) is 0 Å². The Hall–Kier alpha value is -0.360. The summed E-state index contributed by atoms with van der Waals surface area (Å²) >= 11 is 0. The number of hydrogen-bond donors (Lipinski definition) is 2. The highest BCUT2D eigenvalue weighted by Gasteiger charge is 2.21. The van der Waals surface area contributed by atoms with Crippen LogP contribution in [-0.4, -0.2) is 116 Å². The van der Waals surface area contributed by atoms with Crippen molar-refractivity contribution < 1.29 is 43.4 Å². The van der Waals surface area contributed by atoms with Crippen LogP contribution in [0.4, 0.5) is 0 Å². The molecule has 0 radical (unpaired) electrons. The van der Waals surface area contributed by atoms with Crippen molar-refractivity contribution >= 4 is 0 Å². The third kappa shape index (κ3) is 15.6. The lowest BCUT2D eigenvalue weighted by atomic mass is 10.2. The van der Waals surface area contributed by atoms with E-state index in [1.165, 1.54) is 0 Å². The van der Waals surface area contributed by atoms with Crippen LogP contribution in [0.25, 0.3) is 0 Å². The SMILES string of the molecule is COCCOCCOCC(OC)C(CO)OCCOCCOCCO. The van der Waals surface area contributed by atoms with Crippen molar-refractivity contribution in [2.45, 2.75) is 12.2 Å². The summed E-state index contributed by atoms with van der Waals surface area (Å²) < 4.78 is 36.9. The second-order valence-electron chi connectivity index (χ2n) is 4.99. The smallest absolute Gasteiger partial charge is 0.109 e. The molecule has 0 saturated heterocycles. The molecule has 0 amide bonds. The van der Waals surface area contributed by atoms with Crippen molar-refractivity contribution in [3.05, 3.63) is 0 Å². The first-order valence-corrected chi connectivity index (χ1v) is 8.46. The molecular formula is C16H34O9. The summed E-state index contributed by atoms with van der Waals surface area (Å²) in [5.74, 6) is 0. The second kappa shape index (κ2) is 20.0. The van der Waals surface area contributed by atoms with Crippen LogP contribution >= 0.6 is 0 Å². The van der Waals surface area contributed by atoms with Crippen molar-refractivity contribution in [1.82, 2.24) is 0 Å². The minimum absolute atomic E-state index is 0.00104. The Morgan fingerprint density at radius 1 is 0.640 bits per heavy atom. The number of aliphatic hydroxyl groups excluding tert-OH is 2. The maximum absolute atomic E-state index is 9.44. The predicted octanol–water partition coefficient (Wildman–Crippen LogP) is -0.916. The molecule has 9 nitrogen and oxygen atoms in total. The zero-order valence-corrected chi connectivity index (χ0v) is 15.4. The van der Waals surface area contributed by atoms with Gasteiger partial charge in [-0.1, -0.05) is 0 Å². The van der Waals surface area contributed by atoms with Crippen LogP contribution in [0.3, 0.4) is 0 Å². The highest BCUT2D eigenvalue weighted by atomic mass is 16.6. The molecule has 0 aliphatic heterocycles. The Balaban J connectivity index is 3.69. The molecule has 0 aromatic carbocycles. The van der Waals surface area contributed by atoms with Gasteiger partial charge in [-0.05, 0) is 0 Å². The average Bonchev–Trinajstić information content (AvgIpc) is 2.64. The van der Waals surface area contributed by atoms with Gasteiger partial charge in [0.15, 0.2) is 0 Å². The van der Waals surface area contributed by atoms with Crippen molar-refractivity contribution in [1.29, 1.82) is 0 Å². The number of rotatable bonds is 20. The van der Waals surface area contributed by atoms with Crippen LogP contribution in [0.1, 0.15) is 0 Å². The van der Waals surface area contributed by atoms with E-state index in [4.69, 9.17) is 38.3 Å². The highest BCUT2D eigenvalue weighted by Crippen LogP contribution is 2.04. The van der Waals surface area contributed by atoms with Gasteiger partial charge in [0.1, 0.15) is 12.2 Å². The van der Waals surface area contributed by atoms with Gasteiger partial charge in [0.05, 0.1) is 79.3 Å². The molecule has 0 heterocycles. The van der Waals surface area contributed by atoms with E-state index in [2.05, 4.69) is 0 Å². The minimum atomic E-state index is -0.492. The normalized spacial score (nSPS) is 13.9. The van der Waals surface area contributed by atoms with E-state index >= 15 is 0 Å². The van der Waals surface area contributed by atoms with E-state index in [1.807, 2.05) is 0 Å². The average molecular weight is 370 g/mol. The molecule has 0 aliphatic rings. The molecule has 2 N–H and O–H groups in total. The highest BCUT2D eigenvalue weighted by molar-refractivity contribution is 4.69. The summed E-state index contributed by atoms with van der Waals surface area (Å²) in [6, 6.07) is 0. The molecular weight excluding hydrogens is 336 g/mol. The summed E-state index contributed by atoms with van der Waals surface area (Å²) in [5.41, 5.74) is 0. The summed E-state index contributed by atoms with van der Waals surface area (Å²) in [6.45, 7) is 3.96. The van der Waals surface area contributed by atoms with Crippen LogP contribution < -0.4 is 0 Å². The van der Waals surface area contributed by atoms with Crippen molar-refractivity contribution in [2.24, 2.45) is 0 Å². The third-order valence-electron chi connectivity index (χ3n) is 3.15. The Labute approximate surface area is 150 Å². The quantitative estimate of drug-likeness (QED) is 0.263. The first-order chi connectivity index (χ1) is 12.3. The van der Waals surface area contributed by atoms with Gasteiger partial charge in [-0.3, -0.25) is 0 Å². The molecule has 0 rings (SSSR count). The number of ether oxygens (including phenoxy) is 7. The largest absolute Gasteiger partial charge is 0.394 e. The fourth-order valence-corrected chi connectivity index (χ4v) is 1.81. The van der Waals surface area contributed by atoms with Gasteiger partial charge >= 0.3 is 0 Å². The molecule has 2 atom stereocenters. The maximum atomic E-state index is 9.44. The standard InChI is InChI=1S/C16H34O9/c1-19-5-6-22-9-10-24-14-16(20-2)15(13-18)25-12-11-23-8-7-21-4-3-17/h15-18H,3-14H2,1-2H3. The predicted molar refractivity (Wildman–Crippen MR) is 89.9 cm³/mol. The zero-order chi connectivity index (χ0) is 18.6. The molecule has 25 heavy (non-hydrogen) atoms. The topological polar surface area (TPSA) is 105 Å². The van der Waals surface area contributed by atoms with Crippen molar-refractivity contribution in [2.75, 3.05) is 93.5 Å². The minimum Gasteiger partial charge on any atom is -0.394 e. The van der Waals surface area contributed by atoms with E-state index in [1.54, 1.807) is 14.2 Å². The fraction of sp³-hybridized carbons (Fsp3) is 1.00. The molecule has 0 aromatic rings. The summed E-state index contributed by atoms with van der Waals surface area (Å²) in [4.78, 5) is 0. The van der Waals surface area contributed by atoms with Crippen molar-refractivity contribution in [3.63, 3.8) is 0 Å². The van der Waals surface area contributed by atoms with Crippen LogP contribution in [0, 0.1) is 0 Å². The Morgan fingerprint density at radius 3 is 1.76 bits per heavy atom. The lowest BCUT2D eigenvalue weighted by Crippen LogP contribution is -2.38. The van der Waals surface area contributed by atoms with E-state index in [-0.39, 0.29) is 19.3 Å². The lowest BCUT2D eigenvalue weighted by molar-refractivity contribution is -0.117. The van der Waals surface area contributed by atoms with Crippen LogP contribution in [0.15, 0.2) is 0 Å². The van der Waals surface area contributed by atoms with E-state index in [9.17, 15) is 5.11 Å². The van der Waals surface area contributed by atoms with E-state index < -0.39 is 6.10 Å². The monoisotopic (exact) mass is 370 g/mol. The van der Waals surface area contributed by atoms with Crippen LogP contribution in [0.5, 0.6) is 0 Å². The van der Waals surface area contributed by atoms with Gasteiger partial charge in [-0.15, -0.1) is 0 Å². The third-order valence-corrected chi connectivity index (χ3v) is 3.15.